The standard InChI is InChI=1S/C25H24ClFN4O2S2/c26-21-12-17(27)4-8-19(21)23-20(7-3-15-1-2-15)22-11-16(13-29-35(32,33)18-5-6-18)14-31(22)24(30-23)25-28-9-10-34-25/h4,8-10,12,15-16,18,23,29H,1-2,5-6,11,13-14H2/t16?,23-/m0/s1. The molecule has 0 amide bonds. The van der Waals surface area contributed by atoms with Crippen molar-refractivity contribution in [1.29, 1.82) is 0 Å². The Morgan fingerprint density at radius 1 is 1.26 bits per heavy atom. The third kappa shape index (κ3) is 4.77. The fraction of sp³-hybridized carbons (Fsp3) is 0.440. The number of allylic oxidation sites excluding steroid dienone is 1. The Kier molecular flexibility index (Phi) is 5.96. The molecule has 1 N–H and O–H groups in total. The zero-order chi connectivity index (χ0) is 24.2. The summed E-state index contributed by atoms with van der Waals surface area (Å²) < 4.78 is 41.5. The van der Waals surface area contributed by atoms with Crippen LogP contribution in [0.2, 0.25) is 5.02 Å². The summed E-state index contributed by atoms with van der Waals surface area (Å²) in [6.07, 6.45) is 6.08. The van der Waals surface area contributed by atoms with E-state index in [4.69, 9.17) is 16.6 Å². The molecule has 3 fully saturated rings. The second-order valence-electron chi connectivity index (χ2n) is 9.54. The Morgan fingerprint density at radius 2 is 2.09 bits per heavy atom. The molecule has 2 aromatic rings. The number of nitrogens with one attached hydrogen (secondary N) is 1. The smallest absolute Gasteiger partial charge is 0.214 e. The van der Waals surface area contributed by atoms with E-state index in [9.17, 15) is 12.8 Å². The van der Waals surface area contributed by atoms with Crippen molar-refractivity contribution in [3.8, 4) is 11.8 Å². The van der Waals surface area contributed by atoms with Crippen LogP contribution in [-0.4, -0.2) is 42.5 Å². The number of benzene rings is 1. The van der Waals surface area contributed by atoms with Crippen LogP contribution in [-0.2, 0) is 10.0 Å². The average Bonchev–Trinajstić information content (AvgIpc) is 3.75. The highest BCUT2D eigenvalue weighted by Gasteiger charge is 2.41. The third-order valence-corrected chi connectivity index (χ3v) is 9.76. The summed E-state index contributed by atoms with van der Waals surface area (Å²) in [4.78, 5) is 11.7. The van der Waals surface area contributed by atoms with Gasteiger partial charge in [-0.05, 0) is 50.2 Å². The summed E-state index contributed by atoms with van der Waals surface area (Å²) in [6.45, 7) is 0.995. The van der Waals surface area contributed by atoms with E-state index >= 15 is 0 Å². The van der Waals surface area contributed by atoms with Gasteiger partial charge in [-0.2, -0.15) is 0 Å². The average molecular weight is 531 g/mol. The van der Waals surface area contributed by atoms with Crippen molar-refractivity contribution in [2.45, 2.75) is 43.4 Å². The summed E-state index contributed by atoms with van der Waals surface area (Å²) in [7, 11) is -3.26. The van der Waals surface area contributed by atoms with Gasteiger partial charge in [0.25, 0.3) is 0 Å². The molecule has 1 unspecified atom stereocenters. The first-order valence-corrected chi connectivity index (χ1v) is 14.6. The van der Waals surface area contributed by atoms with Crippen LogP contribution in [0.5, 0.6) is 0 Å². The van der Waals surface area contributed by atoms with Crippen LogP contribution >= 0.6 is 22.9 Å². The Balaban J connectivity index is 1.40. The number of halogens is 2. The maximum atomic E-state index is 13.8. The van der Waals surface area contributed by atoms with E-state index in [0.29, 0.717) is 36.0 Å². The molecule has 35 heavy (non-hydrogen) atoms. The van der Waals surface area contributed by atoms with Gasteiger partial charge in [-0.15, -0.1) is 11.3 Å². The number of rotatable bonds is 6. The number of hydrogen-bond acceptors (Lipinski definition) is 6. The molecule has 3 heterocycles. The van der Waals surface area contributed by atoms with Crippen LogP contribution in [0.15, 0.2) is 46.0 Å². The van der Waals surface area contributed by atoms with Gasteiger partial charge < -0.3 is 4.90 Å². The highest BCUT2D eigenvalue weighted by Crippen LogP contribution is 2.43. The van der Waals surface area contributed by atoms with Gasteiger partial charge in [0.05, 0.1) is 10.8 Å². The summed E-state index contributed by atoms with van der Waals surface area (Å²) >= 11 is 8.00. The quantitative estimate of drug-likeness (QED) is 0.558. The second kappa shape index (κ2) is 9.00. The summed E-state index contributed by atoms with van der Waals surface area (Å²) in [5.74, 6) is 7.57. The topological polar surface area (TPSA) is 74.7 Å². The van der Waals surface area contributed by atoms with E-state index < -0.39 is 21.9 Å². The highest BCUT2D eigenvalue weighted by atomic mass is 35.5. The number of fused-ring (bicyclic) bond motifs is 1. The maximum absolute atomic E-state index is 13.8. The number of aliphatic imine (C=N–C) groups is 1. The molecule has 1 aromatic heterocycles. The van der Waals surface area contributed by atoms with Crippen LogP contribution in [0.4, 0.5) is 4.39 Å². The largest absolute Gasteiger partial charge is 0.327 e. The monoisotopic (exact) mass is 530 g/mol. The molecule has 0 bridgehead atoms. The number of amidine groups is 1. The van der Waals surface area contributed by atoms with Gasteiger partial charge >= 0.3 is 0 Å². The zero-order valence-electron chi connectivity index (χ0n) is 18.9. The number of aromatic nitrogens is 1. The fourth-order valence-corrected chi connectivity index (χ4v) is 6.94. The predicted octanol–water partition coefficient (Wildman–Crippen LogP) is 4.51. The fourth-order valence-electron chi connectivity index (χ4n) is 4.57. The highest BCUT2D eigenvalue weighted by molar-refractivity contribution is 7.90. The normalized spacial score (nSPS) is 24.2. The van der Waals surface area contributed by atoms with Gasteiger partial charge in [0.1, 0.15) is 11.9 Å². The Morgan fingerprint density at radius 3 is 2.77 bits per heavy atom. The lowest BCUT2D eigenvalue weighted by atomic mass is 9.94. The SMILES string of the molecule is O=S(=O)(NCC1CC2=C(C#CC3CC3)[C@H](c3ccc(F)cc3Cl)N=C(c3nccs3)N2C1)C1CC1. The van der Waals surface area contributed by atoms with Crippen molar-refractivity contribution in [3.05, 3.63) is 62.5 Å². The molecule has 4 aliphatic rings. The van der Waals surface area contributed by atoms with E-state index in [1.165, 1.54) is 23.5 Å². The van der Waals surface area contributed by atoms with Gasteiger partial charge in [-0.25, -0.2) is 22.5 Å². The van der Waals surface area contributed by atoms with E-state index in [-0.39, 0.29) is 11.2 Å². The van der Waals surface area contributed by atoms with Gasteiger partial charge in [0, 0.05) is 46.9 Å². The summed E-state index contributed by atoms with van der Waals surface area (Å²) in [5, 5.41) is 2.74. The first-order valence-electron chi connectivity index (χ1n) is 11.8. The molecule has 1 aromatic carbocycles. The van der Waals surface area contributed by atoms with Gasteiger partial charge in [0.2, 0.25) is 10.0 Å². The first kappa shape index (κ1) is 23.2. The molecule has 2 atom stereocenters. The van der Waals surface area contributed by atoms with Crippen molar-refractivity contribution < 1.29 is 12.8 Å². The molecular formula is C25H24ClFN4O2S2. The number of hydrogen-bond donors (Lipinski definition) is 1. The number of thiazole rings is 1. The first-order chi connectivity index (χ1) is 16.9. The second-order valence-corrected chi connectivity index (χ2v) is 12.9. The van der Waals surface area contributed by atoms with E-state index in [1.807, 2.05) is 5.38 Å². The minimum atomic E-state index is -3.26. The van der Waals surface area contributed by atoms with Gasteiger partial charge in [-0.3, -0.25) is 4.99 Å². The molecule has 182 valence electrons. The maximum Gasteiger partial charge on any atom is 0.214 e. The minimum absolute atomic E-state index is 0.0730. The van der Waals surface area contributed by atoms with E-state index in [2.05, 4.69) is 26.4 Å². The summed E-state index contributed by atoms with van der Waals surface area (Å²) in [5.41, 5.74) is 2.59. The van der Waals surface area contributed by atoms with Crippen molar-refractivity contribution in [3.63, 3.8) is 0 Å². The lowest BCUT2D eigenvalue weighted by molar-refractivity contribution is 0.481. The molecule has 2 aliphatic heterocycles. The molecule has 0 radical (unpaired) electrons. The minimum Gasteiger partial charge on any atom is -0.327 e. The van der Waals surface area contributed by atoms with Crippen molar-refractivity contribution in [2.24, 2.45) is 16.8 Å². The van der Waals surface area contributed by atoms with Crippen molar-refractivity contribution in [1.82, 2.24) is 14.6 Å². The summed E-state index contributed by atoms with van der Waals surface area (Å²) in [6, 6.07) is 3.91. The van der Waals surface area contributed by atoms with Crippen LogP contribution in [0.3, 0.4) is 0 Å². The lowest BCUT2D eigenvalue weighted by Gasteiger charge is -2.31. The van der Waals surface area contributed by atoms with Crippen LogP contribution in [0.1, 0.15) is 48.7 Å². The molecule has 1 saturated heterocycles. The van der Waals surface area contributed by atoms with E-state index in [0.717, 1.165) is 47.8 Å². The molecule has 6 rings (SSSR count). The zero-order valence-corrected chi connectivity index (χ0v) is 21.3. The Bertz CT molecular complexity index is 1390. The third-order valence-electron chi connectivity index (χ3n) is 6.75. The molecule has 2 aliphatic carbocycles. The molecule has 6 nitrogen and oxygen atoms in total. The number of sulfonamides is 1. The Labute approximate surface area is 213 Å². The van der Waals surface area contributed by atoms with Crippen LogP contribution < -0.4 is 4.72 Å². The van der Waals surface area contributed by atoms with Crippen molar-refractivity contribution >= 4 is 38.8 Å². The van der Waals surface area contributed by atoms with Gasteiger partial charge in [-0.1, -0.05) is 29.5 Å². The Hall–Kier alpha value is -2.25. The van der Waals surface area contributed by atoms with E-state index in [1.54, 1.807) is 12.3 Å². The lowest BCUT2D eigenvalue weighted by Crippen LogP contribution is -2.36. The van der Waals surface area contributed by atoms with Crippen molar-refractivity contribution in [2.75, 3.05) is 13.1 Å². The molecule has 0 spiro atoms. The predicted molar refractivity (Wildman–Crippen MR) is 135 cm³/mol. The van der Waals surface area contributed by atoms with Crippen LogP contribution in [0, 0.1) is 29.5 Å². The molecule has 10 heteroatoms. The number of nitrogens with zero attached hydrogens (tertiary/aromatic N) is 3. The molecule has 2 saturated carbocycles. The van der Waals surface area contributed by atoms with Gasteiger partial charge in [0.15, 0.2) is 10.8 Å². The van der Waals surface area contributed by atoms with Crippen LogP contribution in [0.25, 0.3) is 0 Å². The molecular weight excluding hydrogens is 507 g/mol.